The number of nitrogens with one attached hydrogen (secondary N) is 1. The van der Waals surface area contributed by atoms with E-state index in [0.29, 0.717) is 11.4 Å². The molecule has 1 N–H and O–H groups in total. The Hall–Kier alpha value is -2.32. The van der Waals surface area contributed by atoms with Crippen molar-refractivity contribution in [2.24, 2.45) is 7.05 Å². The molecule has 0 aliphatic heterocycles. The number of hydrogen-bond donors (Lipinski definition) is 1. The van der Waals surface area contributed by atoms with Gasteiger partial charge in [-0.25, -0.2) is 0 Å². The lowest BCUT2D eigenvalue weighted by Gasteiger charge is -2.29. The summed E-state index contributed by atoms with van der Waals surface area (Å²) in [6.45, 7) is 0. The second-order valence-electron chi connectivity index (χ2n) is 4.28. The van der Waals surface area contributed by atoms with Gasteiger partial charge in [-0.2, -0.15) is 4.80 Å². The van der Waals surface area contributed by atoms with Crippen molar-refractivity contribution in [1.82, 2.24) is 25.5 Å². The minimum Gasteiger partial charge on any atom is -0.354 e. The molecule has 1 amide bonds. The molecule has 2 aromatic rings. The molecule has 0 spiro atoms. The van der Waals surface area contributed by atoms with Gasteiger partial charge in [0.05, 0.1) is 7.05 Å². The Morgan fingerprint density at radius 1 is 1.24 bits per heavy atom. The van der Waals surface area contributed by atoms with Crippen LogP contribution in [-0.4, -0.2) is 47.4 Å². The maximum Gasteiger partial charge on any atom is 0.285 e. The van der Waals surface area contributed by atoms with Crippen molar-refractivity contribution in [3.05, 3.63) is 29.8 Å². The van der Waals surface area contributed by atoms with E-state index in [4.69, 9.17) is 9.47 Å². The smallest absolute Gasteiger partial charge is 0.285 e. The summed E-state index contributed by atoms with van der Waals surface area (Å²) in [4.78, 5) is 13.4. The molecule has 0 radical (unpaired) electrons. The summed E-state index contributed by atoms with van der Waals surface area (Å²) in [5.41, 5.74) is 1.35. The Balaban J connectivity index is 2.38. The molecule has 0 unspecified atom stereocenters. The molecule has 0 aliphatic rings. The number of carbonyl (C=O) groups excluding carboxylic acids is 1. The third-order valence-electron chi connectivity index (χ3n) is 3.13. The Bertz CT molecular complexity index is 619. The van der Waals surface area contributed by atoms with Crippen molar-refractivity contribution in [2.45, 2.75) is 5.79 Å². The van der Waals surface area contributed by atoms with Gasteiger partial charge in [0.2, 0.25) is 5.82 Å². The van der Waals surface area contributed by atoms with Crippen molar-refractivity contribution in [3.63, 3.8) is 0 Å². The van der Waals surface area contributed by atoms with Crippen molar-refractivity contribution in [3.8, 4) is 11.4 Å². The maximum absolute atomic E-state index is 12.1. The fourth-order valence-corrected chi connectivity index (χ4v) is 2.04. The van der Waals surface area contributed by atoms with E-state index < -0.39 is 11.7 Å². The standard InChI is InChI=1S/C13H17N5O3/c1-14-12(19)13(20-3,21-4)10-7-5-9(6-8-10)11-15-17-18(2)16-11/h5-8H,1-4H3,(H,14,19). The number of ether oxygens (including phenoxy) is 2. The number of benzene rings is 1. The van der Waals surface area contributed by atoms with Crippen LogP contribution in [0.1, 0.15) is 5.56 Å². The summed E-state index contributed by atoms with van der Waals surface area (Å²) >= 11 is 0. The van der Waals surface area contributed by atoms with Gasteiger partial charge in [-0.1, -0.05) is 24.3 Å². The van der Waals surface area contributed by atoms with Crippen LogP contribution >= 0.6 is 0 Å². The van der Waals surface area contributed by atoms with Gasteiger partial charge in [0, 0.05) is 32.4 Å². The molecule has 0 atom stereocenters. The predicted octanol–water partition coefficient (Wildman–Crippen LogP) is 0.0687. The topological polar surface area (TPSA) is 91.2 Å². The van der Waals surface area contributed by atoms with Gasteiger partial charge in [-0.05, 0) is 5.21 Å². The van der Waals surface area contributed by atoms with Crippen molar-refractivity contribution < 1.29 is 14.3 Å². The molecule has 1 aromatic carbocycles. The summed E-state index contributed by atoms with van der Waals surface area (Å²) in [6.07, 6.45) is 0. The molecule has 21 heavy (non-hydrogen) atoms. The average molecular weight is 291 g/mol. The zero-order valence-electron chi connectivity index (χ0n) is 12.3. The normalized spacial score (nSPS) is 11.4. The number of amides is 1. The fraction of sp³-hybridized carbons (Fsp3) is 0.385. The van der Waals surface area contributed by atoms with E-state index in [1.54, 1.807) is 31.3 Å². The van der Waals surface area contributed by atoms with Gasteiger partial charge in [0.25, 0.3) is 11.7 Å². The van der Waals surface area contributed by atoms with E-state index in [0.717, 1.165) is 5.56 Å². The molecule has 0 fully saturated rings. The summed E-state index contributed by atoms with van der Waals surface area (Å²) in [6, 6.07) is 7.02. The summed E-state index contributed by atoms with van der Waals surface area (Å²) in [5.74, 6) is -1.37. The van der Waals surface area contributed by atoms with Crippen LogP contribution in [-0.2, 0) is 27.1 Å². The van der Waals surface area contributed by atoms with E-state index in [9.17, 15) is 4.79 Å². The SMILES string of the molecule is CNC(=O)C(OC)(OC)c1ccc(-c2nnn(C)n2)cc1. The summed E-state index contributed by atoms with van der Waals surface area (Å²) < 4.78 is 10.6. The zero-order chi connectivity index (χ0) is 15.5. The van der Waals surface area contributed by atoms with Crippen LogP contribution in [0.5, 0.6) is 0 Å². The molecule has 8 heteroatoms. The molecular weight excluding hydrogens is 274 g/mol. The number of nitrogens with zero attached hydrogens (tertiary/aromatic N) is 4. The second-order valence-corrected chi connectivity index (χ2v) is 4.28. The monoisotopic (exact) mass is 291 g/mol. The number of aromatic nitrogens is 4. The number of likely N-dealkylation sites (N-methyl/N-ethyl adjacent to an activating group) is 1. The lowest BCUT2D eigenvalue weighted by Crippen LogP contribution is -2.46. The Kier molecular flexibility index (Phi) is 4.29. The first-order valence-corrected chi connectivity index (χ1v) is 6.24. The van der Waals surface area contributed by atoms with Crippen LogP contribution < -0.4 is 5.32 Å². The third kappa shape index (κ3) is 2.63. The third-order valence-corrected chi connectivity index (χ3v) is 3.13. The second kappa shape index (κ2) is 5.98. The van der Waals surface area contributed by atoms with Crippen molar-refractivity contribution in [2.75, 3.05) is 21.3 Å². The number of aryl methyl sites for hydroxylation is 1. The Morgan fingerprint density at radius 3 is 2.29 bits per heavy atom. The van der Waals surface area contributed by atoms with Crippen molar-refractivity contribution >= 4 is 5.91 Å². The lowest BCUT2D eigenvalue weighted by atomic mass is 10.0. The van der Waals surface area contributed by atoms with E-state index in [1.165, 1.54) is 26.1 Å². The number of tetrazole rings is 1. The predicted molar refractivity (Wildman–Crippen MR) is 74.0 cm³/mol. The van der Waals surface area contributed by atoms with Crippen LogP contribution in [0.4, 0.5) is 0 Å². The number of rotatable bonds is 5. The minimum absolute atomic E-state index is 0.391. The first-order chi connectivity index (χ1) is 10.1. The Morgan fingerprint density at radius 2 is 1.86 bits per heavy atom. The van der Waals surface area contributed by atoms with Crippen LogP contribution in [0.3, 0.4) is 0 Å². The molecule has 0 saturated heterocycles. The number of carbonyl (C=O) groups is 1. The molecule has 112 valence electrons. The summed E-state index contributed by atoms with van der Waals surface area (Å²) in [5, 5.41) is 14.4. The maximum atomic E-state index is 12.1. The van der Waals surface area contributed by atoms with Crippen molar-refractivity contribution in [1.29, 1.82) is 0 Å². The van der Waals surface area contributed by atoms with Crippen LogP contribution in [0.25, 0.3) is 11.4 Å². The van der Waals surface area contributed by atoms with Crippen LogP contribution in [0, 0.1) is 0 Å². The molecule has 0 aliphatic carbocycles. The molecule has 8 nitrogen and oxygen atoms in total. The fourth-order valence-electron chi connectivity index (χ4n) is 2.04. The van der Waals surface area contributed by atoms with E-state index in [2.05, 4.69) is 20.7 Å². The minimum atomic E-state index is -1.48. The number of hydrogen-bond acceptors (Lipinski definition) is 6. The molecular formula is C13H17N5O3. The lowest BCUT2D eigenvalue weighted by molar-refractivity contribution is -0.215. The molecule has 0 saturated carbocycles. The quantitative estimate of drug-likeness (QED) is 0.784. The highest BCUT2D eigenvalue weighted by atomic mass is 16.7. The highest BCUT2D eigenvalue weighted by Gasteiger charge is 2.40. The molecule has 2 rings (SSSR count). The highest BCUT2D eigenvalue weighted by Crippen LogP contribution is 2.28. The van der Waals surface area contributed by atoms with E-state index in [1.807, 2.05) is 0 Å². The molecule has 1 heterocycles. The first kappa shape index (κ1) is 15.1. The van der Waals surface area contributed by atoms with Crippen LogP contribution in [0.2, 0.25) is 0 Å². The van der Waals surface area contributed by atoms with Gasteiger partial charge in [-0.3, -0.25) is 4.79 Å². The van der Waals surface area contributed by atoms with Gasteiger partial charge in [0.1, 0.15) is 0 Å². The van der Waals surface area contributed by atoms with E-state index >= 15 is 0 Å². The van der Waals surface area contributed by atoms with Gasteiger partial charge in [-0.15, -0.1) is 10.2 Å². The largest absolute Gasteiger partial charge is 0.354 e. The average Bonchev–Trinajstić information content (AvgIpc) is 2.96. The highest BCUT2D eigenvalue weighted by molar-refractivity contribution is 5.85. The van der Waals surface area contributed by atoms with Gasteiger partial charge in [0.15, 0.2) is 0 Å². The van der Waals surface area contributed by atoms with E-state index in [-0.39, 0.29) is 0 Å². The zero-order valence-corrected chi connectivity index (χ0v) is 12.3. The van der Waals surface area contributed by atoms with Gasteiger partial charge >= 0.3 is 0 Å². The molecule has 1 aromatic heterocycles. The summed E-state index contributed by atoms with van der Waals surface area (Å²) in [7, 11) is 6.04. The number of methoxy groups -OCH3 is 2. The van der Waals surface area contributed by atoms with Crippen LogP contribution in [0.15, 0.2) is 24.3 Å². The van der Waals surface area contributed by atoms with Gasteiger partial charge < -0.3 is 14.8 Å². The Labute approximate surface area is 122 Å². The first-order valence-electron chi connectivity index (χ1n) is 6.24. The molecule has 0 bridgehead atoms.